The molecular formula is C22H20ClN5O. The Morgan fingerprint density at radius 3 is 2.21 bits per heavy atom. The lowest BCUT2D eigenvalue weighted by Gasteiger charge is -2.17. The Bertz CT molecular complexity index is 1170. The van der Waals surface area contributed by atoms with Gasteiger partial charge in [-0.2, -0.15) is 0 Å². The SMILES string of the molecule is CN(C)c1ccc(-c2cnc3cnc(C(=O)N(C)c4ccc(Cl)cc4)cn23)cc1. The van der Waals surface area contributed by atoms with Crippen LogP contribution in [0.5, 0.6) is 0 Å². The van der Waals surface area contributed by atoms with Gasteiger partial charge in [-0.1, -0.05) is 23.7 Å². The van der Waals surface area contributed by atoms with E-state index in [0.717, 1.165) is 22.6 Å². The maximum absolute atomic E-state index is 13.0. The summed E-state index contributed by atoms with van der Waals surface area (Å²) in [5, 5.41) is 0.623. The van der Waals surface area contributed by atoms with Gasteiger partial charge in [0.2, 0.25) is 0 Å². The molecule has 6 nitrogen and oxygen atoms in total. The lowest BCUT2D eigenvalue weighted by Crippen LogP contribution is -2.27. The largest absolute Gasteiger partial charge is 0.378 e. The molecule has 0 N–H and O–H groups in total. The highest BCUT2D eigenvalue weighted by molar-refractivity contribution is 6.30. The molecule has 0 fully saturated rings. The van der Waals surface area contributed by atoms with E-state index in [1.165, 1.54) is 0 Å². The molecule has 2 aromatic carbocycles. The molecule has 146 valence electrons. The van der Waals surface area contributed by atoms with Gasteiger partial charge in [-0.3, -0.25) is 9.20 Å². The Balaban J connectivity index is 1.69. The summed E-state index contributed by atoms with van der Waals surface area (Å²) in [6.07, 6.45) is 5.13. The summed E-state index contributed by atoms with van der Waals surface area (Å²) < 4.78 is 1.89. The van der Waals surface area contributed by atoms with E-state index < -0.39 is 0 Å². The van der Waals surface area contributed by atoms with Crippen molar-refractivity contribution in [3.05, 3.63) is 77.8 Å². The average Bonchev–Trinajstić information content (AvgIpc) is 3.16. The van der Waals surface area contributed by atoms with Crippen LogP contribution in [0.3, 0.4) is 0 Å². The first-order valence-electron chi connectivity index (χ1n) is 9.08. The molecule has 0 bridgehead atoms. The van der Waals surface area contributed by atoms with Crippen LogP contribution in [0, 0.1) is 0 Å². The fraction of sp³-hybridized carbons (Fsp3) is 0.136. The number of benzene rings is 2. The first-order chi connectivity index (χ1) is 13.9. The lowest BCUT2D eigenvalue weighted by atomic mass is 10.1. The minimum atomic E-state index is -0.211. The smallest absolute Gasteiger partial charge is 0.278 e. The molecule has 29 heavy (non-hydrogen) atoms. The second-order valence-corrected chi connectivity index (χ2v) is 7.36. The molecule has 0 radical (unpaired) electrons. The number of carbonyl (C=O) groups is 1. The van der Waals surface area contributed by atoms with E-state index in [9.17, 15) is 4.79 Å². The molecule has 0 saturated heterocycles. The van der Waals surface area contributed by atoms with Crippen molar-refractivity contribution in [3.8, 4) is 11.3 Å². The maximum atomic E-state index is 13.0. The second-order valence-electron chi connectivity index (χ2n) is 6.93. The number of amides is 1. The van der Waals surface area contributed by atoms with Gasteiger partial charge in [0.1, 0.15) is 5.69 Å². The first-order valence-corrected chi connectivity index (χ1v) is 9.46. The predicted octanol–water partition coefficient (Wildman–Crippen LogP) is 4.39. The lowest BCUT2D eigenvalue weighted by molar-refractivity contribution is 0.0988. The van der Waals surface area contributed by atoms with Crippen LogP contribution in [0.4, 0.5) is 11.4 Å². The van der Waals surface area contributed by atoms with Crippen molar-refractivity contribution in [3.63, 3.8) is 0 Å². The summed E-state index contributed by atoms with van der Waals surface area (Å²) in [7, 11) is 5.72. The van der Waals surface area contributed by atoms with Crippen molar-refractivity contribution in [1.29, 1.82) is 0 Å². The van der Waals surface area contributed by atoms with Crippen LogP contribution in [0.25, 0.3) is 16.9 Å². The molecule has 4 aromatic rings. The van der Waals surface area contributed by atoms with Gasteiger partial charge in [-0.25, -0.2) is 9.97 Å². The number of fused-ring (bicyclic) bond motifs is 1. The fourth-order valence-corrected chi connectivity index (χ4v) is 3.22. The Labute approximate surface area is 174 Å². The molecule has 0 aliphatic carbocycles. The number of nitrogens with zero attached hydrogens (tertiary/aromatic N) is 5. The summed E-state index contributed by atoms with van der Waals surface area (Å²) in [6.45, 7) is 0. The highest BCUT2D eigenvalue weighted by Crippen LogP contribution is 2.24. The zero-order valence-electron chi connectivity index (χ0n) is 16.4. The molecule has 0 unspecified atom stereocenters. The van der Waals surface area contributed by atoms with Crippen molar-refractivity contribution in [2.45, 2.75) is 0 Å². The first kappa shape index (κ1) is 19.0. The van der Waals surface area contributed by atoms with E-state index in [4.69, 9.17) is 11.6 Å². The zero-order valence-corrected chi connectivity index (χ0v) is 17.1. The predicted molar refractivity (Wildman–Crippen MR) is 117 cm³/mol. The Morgan fingerprint density at radius 1 is 0.897 bits per heavy atom. The number of imidazole rings is 1. The van der Waals surface area contributed by atoms with Crippen LogP contribution in [-0.4, -0.2) is 41.4 Å². The number of anilines is 2. The molecule has 2 aromatic heterocycles. The number of aromatic nitrogens is 3. The summed E-state index contributed by atoms with van der Waals surface area (Å²) in [4.78, 5) is 25.3. The van der Waals surface area contributed by atoms with E-state index >= 15 is 0 Å². The monoisotopic (exact) mass is 405 g/mol. The number of halogens is 1. The molecule has 0 saturated carbocycles. The van der Waals surface area contributed by atoms with Crippen molar-refractivity contribution in [1.82, 2.24) is 14.4 Å². The number of hydrogen-bond donors (Lipinski definition) is 0. The Hall–Kier alpha value is -3.38. The minimum Gasteiger partial charge on any atom is -0.378 e. The fourth-order valence-electron chi connectivity index (χ4n) is 3.10. The molecular weight excluding hydrogens is 386 g/mol. The topological polar surface area (TPSA) is 53.7 Å². The third kappa shape index (κ3) is 3.67. The normalized spacial score (nSPS) is 10.9. The Kier molecular flexibility index (Phi) is 4.94. The van der Waals surface area contributed by atoms with Crippen LogP contribution >= 0.6 is 11.6 Å². The van der Waals surface area contributed by atoms with Crippen molar-refractivity contribution < 1.29 is 4.79 Å². The van der Waals surface area contributed by atoms with Crippen molar-refractivity contribution in [2.24, 2.45) is 0 Å². The Morgan fingerprint density at radius 2 is 1.55 bits per heavy atom. The van der Waals surface area contributed by atoms with E-state index in [1.54, 1.807) is 54.8 Å². The highest BCUT2D eigenvalue weighted by atomic mass is 35.5. The van der Waals surface area contributed by atoms with E-state index in [1.807, 2.05) is 35.5 Å². The van der Waals surface area contributed by atoms with E-state index in [0.29, 0.717) is 16.4 Å². The van der Waals surface area contributed by atoms with Gasteiger partial charge in [0.05, 0.1) is 18.1 Å². The average molecular weight is 406 g/mol. The van der Waals surface area contributed by atoms with Crippen molar-refractivity contribution in [2.75, 3.05) is 30.9 Å². The summed E-state index contributed by atoms with van der Waals surface area (Å²) in [5.74, 6) is -0.211. The van der Waals surface area contributed by atoms with Gasteiger partial charge in [0, 0.05) is 49.3 Å². The number of hydrogen-bond acceptors (Lipinski definition) is 4. The molecule has 2 heterocycles. The number of rotatable bonds is 4. The van der Waals surface area contributed by atoms with Crippen LogP contribution in [-0.2, 0) is 0 Å². The maximum Gasteiger partial charge on any atom is 0.278 e. The van der Waals surface area contributed by atoms with Crippen LogP contribution in [0.1, 0.15) is 10.5 Å². The third-order valence-electron chi connectivity index (χ3n) is 4.81. The molecule has 4 rings (SSSR count). The van der Waals surface area contributed by atoms with Crippen LogP contribution in [0.2, 0.25) is 5.02 Å². The minimum absolute atomic E-state index is 0.211. The quantitative estimate of drug-likeness (QED) is 0.505. The third-order valence-corrected chi connectivity index (χ3v) is 5.07. The van der Waals surface area contributed by atoms with Gasteiger partial charge in [0.15, 0.2) is 5.65 Å². The second kappa shape index (κ2) is 7.56. The number of carbonyl (C=O) groups excluding carboxylic acids is 1. The highest BCUT2D eigenvalue weighted by Gasteiger charge is 2.17. The van der Waals surface area contributed by atoms with Crippen LogP contribution < -0.4 is 9.80 Å². The van der Waals surface area contributed by atoms with Gasteiger partial charge in [-0.05, 0) is 36.4 Å². The molecule has 0 atom stereocenters. The summed E-state index contributed by atoms with van der Waals surface area (Å²) in [6, 6.07) is 15.3. The molecule has 0 aliphatic rings. The van der Waals surface area contributed by atoms with Crippen molar-refractivity contribution >= 4 is 34.5 Å². The standard InChI is InChI=1S/C22H20ClN5O/c1-26(2)17-8-4-15(5-9-17)20-12-25-21-13-24-19(14-28(20)21)22(29)27(3)18-10-6-16(23)7-11-18/h4-14H,1-3H3. The summed E-state index contributed by atoms with van der Waals surface area (Å²) in [5.41, 5.74) is 4.78. The van der Waals surface area contributed by atoms with E-state index in [-0.39, 0.29) is 5.91 Å². The summed E-state index contributed by atoms with van der Waals surface area (Å²) >= 11 is 5.94. The van der Waals surface area contributed by atoms with Gasteiger partial charge < -0.3 is 9.80 Å². The van der Waals surface area contributed by atoms with E-state index in [2.05, 4.69) is 22.1 Å². The molecule has 1 amide bonds. The van der Waals surface area contributed by atoms with Gasteiger partial charge >= 0.3 is 0 Å². The molecule has 7 heteroatoms. The van der Waals surface area contributed by atoms with Crippen LogP contribution in [0.15, 0.2) is 67.1 Å². The molecule has 0 spiro atoms. The van der Waals surface area contributed by atoms with Gasteiger partial charge in [0.25, 0.3) is 5.91 Å². The zero-order chi connectivity index (χ0) is 20.5. The van der Waals surface area contributed by atoms with Gasteiger partial charge in [-0.15, -0.1) is 0 Å². The molecule has 0 aliphatic heterocycles.